The molecular weight excluding hydrogens is 426 g/mol. The molecule has 3 aliphatic carbocycles. The number of halogens is 1. The van der Waals surface area contributed by atoms with Crippen LogP contribution in [0.5, 0.6) is 5.75 Å². The average molecular weight is 450 g/mol. The van der Waals surface area contributed by atoms with Gasteiger partial charge in [-0.2, -0.15) is 0 Å². The zero-order valence-electron chi connectivity index (χ0n) is 17.8. The molecule has 32 heavy (non-hydrogen) atoms. The Labute approximate surface area is 191 Å². The molecular formula is C26H24ClNO4. The van der Waals surface area contributed by atoms with Crippen molar-refractivity contribution >= 4 is 17.4 Å². The Kier molecular flexibility index (Phi) is 4.33. The van der Waals surface area contributed by atoms with E-state index in [9.17, 15) is 9.90 Å². The van der Waals surface area contributed by atoms with E-state index >= 15 is 0 Å². The summed E-state index contributed by atoms with van der Waals surface area (Å²) in [7, 11) is 0. The van der Waals surface area contributed by atoms with Crippen LogP contribution in [-0.4, -0.2) is 22.2 Å². The highest BCUT2D eigenvalue weighted by Gasteiger charge is 2.70. The minimum Gasteiger partial charge on any atom is -0.482 e. The van der Waals surface area contributed by atoms with Gasteiger partial charge in [0.2, 0.25) is 0 Å². The van der Waals surface area contributed by atoms with Crippen molar-refractivity contribution < 1.29 is 19.2 Å². The Morgan fingerprint density at radius 3 is 2.66 bits per heavy atom. The van der Waals surface area contributed by atoms with E-state index in [1.54, 1.807) is 18.2 Å². The molecule has 3 fully saturated rings. The van der Waals surface area contributed by atoms with E-state index in [-0.39, 0.29) is 23.0 Å². The zero-order valence-corrected chi connectivity index (χ0v) is 18.6. The van der Waals surface area contributed by atoms with Crippen LogP contribution >= 0.6 is 11.6 Å². The van der Waals surface area contributed by atoms with Crippen LogP contribution in [0.1, 0.15) is 55.1 Å². The fraction of sp³-hybridized carbons (Fsp3) is 0.385. The van der Waals surface area contributed by atoms with E-state index in [0.29, 0.717) is 22.8 Å². The van der Waals surface area contributed by atoms with Crippen molar-refractivity contribution in [2.24, 2.45) is 5.41 Å². The fourth-order valence-electron chi connectivity index (χ4n) is 5.93. The van der Waals surface area contributed by atoms with E-state index < -0.39 is 12.2 Å². The lowest BCUT2D eigenvalue weighted by Gasteiger charge is -2.69. The average Bonchev–Trinajstić information content (AvgIpc) is 3.20. The molecule has 1 aliphatic heterocycles. The lowest BCUT2D eigenvalue weighted by molar-refractivity contribution is -0.170. The smallest absolute Gasteiger partial charge is 0.173 e. The Bertz CT molecular complexity index is 1200. The standard InChI is InChI=1S/C26H24ClNO4/c1-15-2-4-16(5-3-15)19-9-24(32-28-19)26-12-25(13-26,14-26)11-21(30)23-10-20(29)18-8-17(27)6-7-22(18)31-23/h2-9,20,23,29H,10-14H2,1H3/t20-,23+,25?,26?/m1/s1. The molecule has 3 saturated carbocycles. The number of fused-ring (bicyclic) bond motifs is 1. The summed E-state index contributed by atoms with van der Waals surface area (Å²) >= 11 is 6.02. The number of rotatable bonds is 5. The second-order valence-electron chi connectivity index (χ2n) is 9.94. The summed E-state index contributed by atoms with van der Waals surface area (Å²) in [6.45, 7) is 2.06. The maximum Gasteiger partial charge on any atom is 0.173 e. The molecule has 2 atom stereocenters. The van der Waals surface area contributed by atoms with Crippen LogP contribution in [-0.2, 0) is 10.2 Å². The van der Waals surface area contributed by atoms with Gasteiger partial charge in [-0.25, -0.2) is 0 Å². The summed E-state index contributed by atoms with van der Waals surface area (Å²) in [6.07, 6.45) is 2.23. The Morgan fingerprint density at radius 2 is 1.91 bits per heavy atom. The zero-order chi connectivity index (χ0) is 22.1. The third-order valence-corrected chi connectivity index (χ3v) is 7.70. The van der Waals surface area contributed by atoms with Gasteiger partial charge in [0.15, 0.2) is 11.9 Å². The molecule has 164 valence electrons. The molecule has 4 aliphatic rings. The third-order valence-electron chi connectivity index (χ3n) is 7.47. The predicted octanol–water partition coefficient (Wildman–Crippen LogP) is 5.57. The molecule has 7 rings (SSSR count). The van der Waals surface area contributed by atoms with Crippen LogP contribution in [0.4, 0.5) is 0 Å². The van der Waals surface area contributed by atoms with Gasteiger partial charge >= 0.3 is 0 Å². The first-order valence-corrected chi connectivity index (χ1v) is 11.4. The number of nitrogens with zero attached hydrogens (tertiary/aromatic N) is 1. The van der Waals surface area contributed by atoms with Crippen LogP contribution in [0, 0.1) is 12.3 Å². The molecule has 2 heterocycles. The summed E-state index contributed by atoms with van der Waals surface area (Å²) in [6, 6.07) is 15.5. The van der Waals surface area contributed by atoms with E-state index in [1.807, 2.05) is 0 Å². The van der Waals surface area contributed by atoms with Gasteiger partial charge in [0, 0.05) is 40.5 Å². The van der Waals surface area contributed by atoms with Gasteiger partial charge in [0.25, 0.3) is 0 Å². The van der Waals surface area contributed by atoms with Gasteiger partial charge in [-0.15, -0.1) is 0 Å². The van der Waals surface area contributed by atoms with E-state index in [4.69, 9.17) is 20.9 Å². The normalized spacial score (nSPS) is 30.0. The van der Waals surface area contributed by atoms with Crippen molar-refractivity contribution in [1.82, 2.24) is 5.16 Å². The Balaban J connectivity index is 1.10. The minimum atomic E-state index is -0.736. The largest absolute Gasteiger partial charge is 0.482 e. The van der Waals surface area contributed by atoms with Crippen molar-refractivity contribution in [3.63, 3.8) is 0 Å². The van der Waals surface area contributed by atoms with Crippen LogP contribution < -0.4 is 4.74 Å². The minimum absolute atomic E-state index is 0.0203. The maximum atomic E-state index is 13.0. The molecule has 0 amide bonds. The number of ether oxygens (including phenoxy) is 1. The van der Waals surface area contributed by atoms with E-state index in [0.717, 1.165) is 36.3 Å². The lowest BCUT2D eigenvalue weighted by Crippen LogP contribution is -2.65. The molecule has 1 N–H and O–H groups in total. The van der Waals surface area contributed by atoms with E-state index in [2.05, 4.69) is 42.4 Å². The number of carbonyl (C=O) groups excluding carboxylic acids is 1. The summed E-state index contributed by atoms with van der Waals surface area (Å²) in [4.78, 5) is 13.0. The number of Topliss-reactive ketones (excluding diaryl/α,β-unsaturated/α-hetero) is 1. The predicted molar refractivity (Wildman–Crippen MR) is 120 cm³/mol. The summed E-state index contributed by atoms with van der Waals surface area (Å²) in [5.41, 5.74) is 3.83. The van der Waals surface area contributed by atoms with Gasteiger partial charge < -0.3 is 14.4 Å². The molecule has 0 unspecified atom stereocenters. The van der Waals surface area contributed by atoms with E-state index in [1.165, 1.54) is 5.56 Å². The monoisotopic (exact) mass is 449 g/mol. The summed E-state index contributed by atoms with van der Waals surface area (Å²) in [5, 5.41) is 15.3. The first-order valence-electron chi connectivity index (χ1n) is 11.1. The van der Waals surface area contributed by atoms with Gasteiger partial charge in [-0.1, -0.05) is 46.6 Å². The quantitative estimate of drug-likeness (QED) is 0.551. The topological polar surface area (TPSA) is 72.6 Å². The van der Waals surface area contributed by atoms with Crippen molar-refractivity contribution in [1.29, 1.82) is 0 Å². The number of aliphatic hydroxyl groups is 1. The molecule has 0 radical (unpaired) electrons. The molecule has 0 saturated heterocycles. The van der Waals surface area contributed by atoms with Crippen molar-refractivity contribution in [2.45, 2.75) is 56.7 Å². The highest BCUT2D eigenvalue weighted by Crippen LogP contribution is 2.75. The molecule has 2 aromatic carbocycles. The van der Waals surface area contributed by atoms with Gasteiger partial charge in [-0.05, 0) is 49.8 Å². The number of aromatic nitrogens is 1. The number of hydrogen-bond acceptors (Lipinski definition) is 5. The lowest BCUT2D eigenvalue weighted by atomic mass is 9.33. The molecule has 1 aromatic heterocycles. The number of carbonyl (C=O) groups is 1. The van der Waals surface area contributed by atoms with Gasteiger partial charge in [0.05, 0.1) is 6.10 Å². The molecule has 3 aromatic rings. The van der Waals surface area contributed by atoms with Crippen molar-refractivity contribution in [2.75, 3.05) is 0 Å². The van der Waals surface area contributed by atoms with Crippen LogP contribution in [0.2, 0.25) is 5.02 Å². The first-order chi connectivity index (χ1) is 15.3. The number of benzene rings is 2. The highest BCUT2D eigenvalue weighted by molar-refractivity contribution is 6.30. The molecule has 2 bridgehead atoms. The first kappa shape index (κ1) is 20.0. The van der Waals surface area contributed by atoms with Crippen LogP contribution in [0.15, 0.2) is 53.1 Å². The van der Waals surface area contributed by atoms with Crippen molar-refractivity contribution in [3.05, 3.63) is 70.4 Å². The Morgan fingerprint density at radius 1 is 1.16 bits per heavy atom. The number of aliphatic hydroxyl groups excluding tert-OH is 1. The fourth-order valence-corrected chi connectivity index (χ4v) is 6.11. The second kappa shape index (κ2) is 6.93. The van der Waals surface area contributed by atoms with Gasteiger partial charge in [0.1, 0.15) is 17.2 Å². The molecule has 6 heteroatoms. The Hall–Kier alpha value is -2.63. The molecule has 0 spiro atoms. The number of hydrogen-bond donors (Lipinski definition) is 1. The van der Waals surface area contributed by atoms with Crippen LogP contribution in [0.3, 0.4) is 0 Å². The van der Waals surface area contributed by atoms with Gasteiger partial charge in [-0.3, -0.25) is 4.79 Å². The number of ketones is 1. The SMILES string of the molecule is Cc1ccc(-c2cc(C34CC(CC(=O)[C@@H]5C[C@@H](O)c6cc(Cl)ccc6O5)(C3)C4)on2)cc1. The number of aryl methyl sites for hydroxylation is 1. The van der Waals surface area contributed by atoms with Crippen molar-refractivity contribution in [3.8, 4) is 17.0 Å². The molecule has 5 nitrogen and oxygen atoms in total. The third kappa shape index (κ3) is 3.10. The second-order valence-corrected chi connectivity index (χ2v) is 10.4. The summed E-state index contributed by atoms with van der Waals surface area (Å²) < 4.78 is 11.6. The summed E-state index contributed by atoms with van der Waals surface area (Å²) in [5.74, 6) is 1.54. The van der Waals surface area contributed by atoms with Crippen LogP contribution in [0.25, 0.3) is 11.3 Å². The maximum absolute atomic E-state index is 13.0. The highest BCUT2D eigenvalue weighted by atomic mass is 35.5.